The monoisotopic (exact) mass is 458 g/mol. The Kier molecular flexibility index (Phi) is 4.53. The van der Waals surface area contributed by atoms with Gasteiger partial charge in [-0.15, -0.1) is 0 Å². The smallest absolute Gasteiger partial charge is 0.227 e. The number of carbonyl (C=O) groups is 1. The molecule has 1 aliphatic rings. The second-order valence-electron chi connectivity index (χ2n) is 4.50. The predicted molar refractivity (Wildman–Crippen MR) is 85.3 cm³/mol. The largest absolute Gasteiger partial charge is 0.311 e. The number of nitrogens with two attached hydrogens (primary N) is 1. The first-order chi connectivity index (χ1) is 8.76. The molecule has 1 aromatic rings. The molecule has 1 amide bonds. The van der Waals surface area contributed by atoms with Crippen LogP contribution < -0.4 is 10.0 Å². The molecule has 8 heteroatoms. The van der Waals surface area contributed by atoms with Gasteiger partial charge in [0.2, 0.25) is 15.9 Å². The molecular formula is C11H12BrIN2O3S. The Balaban J connectivity index is 2.23. The third-order valence-electron chi connectivity index (χ3n) is 2.87. The van der Waals surface area contributed by atoms with Crippen molar-refractivity contribution in [2.24, 2.45) is 11.1 Å². The normalized spacial score (nSPS) is 20.1. The number of hydrogen-bond donors (Lipinski definition) is 1. The summed E-state index contributed by atoms with van der Waals surface area (Å²) in [5, 5.41) is 5.03. The fourth-order valence-corrected chi connectivity index (χ4v) is 4.00. The van der Waals surface area contributed by atoms with Crippen LogP contribution in [0.1, 0.15) is 6.42 Å². The summed E-state index contributed by atoms with van der Waals surface area (Å²) in [5.41, 5.74) is 0.803. The molecule has 0 spiro atoms. The zero-order valence-electron chi connectivity index (χ0n) is 9.84. The van der Waals surface area contributed by atoms with Crippen LogP contribution in [0.2, 0.25) is 0 Å². The first-order valence-electron chi connectivity index (χ1n) is 5.52. The molecule has 2 N–H and O–H groups in total. The highest BCUT2D eigenvalue weighted by Crippen LogP contribution is 2.31. The zero-order chi connectivity index (χ0) is 14.2. The van der Waals surface area contributed by atoms with Gasteiger partial charge in [0, 0.05) is 26.9 Å². The van der Waals surface area contributed by atoms with Crippen molar-refractivity contribution in [3.05, 3.63) is 26.2 Å². The molecule has 0 saturated carbocycles. The Bertz CT molecular complexity index is 620. The van der Waals surface area contributed by atoms with Crippen molar-refractivity contribution in [2.45, 2.75) is 6.42 Å². The molecule has 1 saturated heterocycles. The van der Waals surface area contributed by atoms with Gasteiger partial charge in [0.1, 0.15) is 0 Å². The van der Waals surface area contributed by atoms with Crippen molar-refractivity contribution >= 4 is 60.1 Å². The molecule has 1 heterocycles. The summed E-state index contributed by atoms with van der Waals surface area (Å²) >= 11 is 5.52. The van der Waals surface area contributed by atoms with Crippen LogP contribution in [-0.4, -0.2) is 26.6 Å². The van der Waals surface area contributed by atoms with Crippen LogP contribution in [-0.2, 0) is 14.8 Å². The number of hydrogen-bond acceptors (Lipinski definition) is 3. The highest BCUT2D eigenvalue weighted by atomic mass is 127. The van der Waals surface area contributed by atoms with Gasteiger partial charge < -0.3 is 4.90 Å². The minimum Gasteiger partial charge on any atom is -0.311 e. The third-order valence-corrected chi connectivity index (χ3v) is 5.21. The number of nitrogens with zero attached hydrogens (tertiary/aromatic N) is 1. The SMILES string of the molecule is NS(=O)(=O)CC1CC(=O)N(c2cc(Br)ccc2I)C1. The van der Waals surface area contributed by atoms with E-state index in [4.69, 9.17) is 5.14 Å². The lowest BCUT2D eigenvalue weighted by Crippen LogP contribution is -2.28. The number of sulfonamides is 1. The number of carbonyl (C=O) groups excluding carboxylic acids is 1. The summed E-state index contributed by atoms with van der Waals surface area (Å²) in [6.07, 6.45) is 0.221. The molecular weight excluding hydrogens is 447 g/mol. The van der Waals surface area contributed by atoms with Crippen LogP contribution in [0.15, 0.2) is 22.7 Å². The van der Waals surface area contributed by atoms with E-state index in [-0.39, 0.29) is 24.0 Å². The quantitative estimate of drug-likeness (QED) is 0.700. The number of amides is 1. The summed E-state index contributed by atoms with van der Waals surface area (Å²) in [4.78, 5) is 13.6. The van der Waals surface area contributed by atoms with Gasteiger partial charge in [-0.3, -0.25) is 4.79 Å². The molecule has 104 valence electrons. The number of primary sulfonamides is 1. The molecule has 0 bridgehead atoms. The fourth-order valence-electron chi connectivity index (χ4n) is 2.15. The molecule has 1 atom stereocenters. The van der Waals surface area contributed by atoms with Crippen molar-refractivity contribution in [3.8, 4) is 0 Å². The van der Waals surface area contributed by atoms with Crippen LogP contribution in [0, 0.1) is 9.49 Å². The maximum atomic E-state index is 12.0. The molecule has 0 aliphatic carbocycles. The maximum Gasteiger partial charge on any atom is 0.227 e. The Hall–Kier alpha value is -0.190. The minimum atomic E-state index is -3.54. The molecule has 1 unspecified atom stereocenters. The topological polar surface area (TPSA) is 80.5 Å². The fraction of sp³-hybridized carbons (Fsp3) is 0.364. The van der Waals surface area contributed by atoms with Gasteiger partial charge >= 0.3 is 0 Å². The van der Waals surface area contributed by atoms with Gasteiger partial charge in [-0.2, -0.15) is 0 Å². The number of rotatable bonds is 3. The molecule has 1 fully saturated rings. The highest BCUT2D eigenvalue weighted by Gasteiger charge is 2.33. The Morgan fingerprint density at radius 2 is 2.16 bits per heavy atom. The molecule has 2 rings (SSSR count). The van der Waals surface area contributed by atoms with Crippen molar-refractivity contribution in [2.75, 3.05) is 17.2 Å². The van der Waals surface area contributed by atoms with Crippen LogP contribution in [0.5, 0.6) is 0 Å². The van der Waals surface area contributed by atoms with E-state index in [0.29, 0.717) is 6.54 Å². The van der Waals surface area contributed by atoms with Crippen LogP contribution in [0.4, 0.5) is 5.69 Å². The summed E-state index contributed by atoms with van der Waals surface area (Å²) in [6, 6.07) is 5.66. The lowest BCUT2D eigenvalue weighted by molar-refractivity contribution is -0.117. The first kappa shape index (κ1) is 15.2. The molecule has 1 aliphatic heterocycles. The summed E-state index contributed by atoms with van der Waals surface area (Å²) in [7, 11) is -3.54. The lowest BCUT2D eigenvalue weighted by Gasteiger charge is -2.18. The van der Waals surface area contributed by atoms with E-state index in [1.807, 2.05) is 18.2 Å². The molecule has 1 aromatic carbocycles. The average molecular weight is 459 g/mol. The highest BCUT2D eigenvalue weighted by molar-refractivity contribution is 14.1. The van der Waals surface area contributed by atoms with Crippen LogP contribution in [0.25, 0.3) is 0 Å². The summed E-state index contributed by atoms with van der Waals surface area (Å²) in [6.45, 7) is 0.391. The summed E-state index contributed by atoms with van der Waals surface area (Å²) in [5.74, 6) is -0.457. The van der Waals surface area contributed by atoms with E-state index in [0.717, 1.165) is 13.7 Å². The van der Waals surface area contributed by atoms with Gasteiger partial charge in [-0.1, -0.05) is 15.9 Å². The first-order valence-corrected chi connectivity index (χ1v) is 9.11. The standard InChI is InChI=1S/C11H12BrIN2O3S/c12-8-1-2-9(13)10(4-8)15-5-7(3-11(15)16)6-19(14,17)18/h1-2,4,7H,3,5-6H2,(H2,14,17,18). The molecule has 0 radical (unpaired) electrons. The molecule has 19 heavy (non-hydrogen) atoms. The lowest BCUT2D eigenvalue weighted by atomic mass is 10.1. The van der Waals surface area contributed by atoms with Gasteiger partial charge in [0.25, 0.3) is 0 Å². The van der Waals surface area contributed by atoms with E-state index in [9.17, 15) is 13.2 Å². The Labute approximate surface area is 133 Å². The van der Waals surface area contributed by atoms with Crippen LogP contribution >= 0.6 is 38.5 Å². The molecule has 0 aromatic heterocycles. The van der Waals surface area contributed by atoms with Gasteiger partial charge in [-0.05, 0) is 40.8 Å². The number of benzene rings is 1. The van der Waals surface area contributed by atoms with E-state index in [1.165, 1.54) is 0 Å². The predicted octanol–water partition coefficient (Wildman–Crippen LogP) is 1.70. The van der Waals surface area contributed by atoms with E-state index < -0.39 is 10.0 Å². The zero-order valence-corrected chi connectivity index (χ0v) is 14.4. The summed E-state index contributed by atoms with van der Waals surface area (Å²) < 4.78 is 24.0. The number of halogens is 2. The van der Waals surface area contributed by atoms with Gasteiger partial charge in [0.15, 0.2) is 0 Å². The Morgan fingerprint density at radius 3 is 2.79 bits per heavy atom. The Morgan fingerprint density at radius 1 is 1.47 bits per heavy atom. The van der Waals surface area contributed by atoms with Crippen molar-refractivity contribution < 1.29 is 13.2 Å². The minimum absolute atomic E-state index is 0.0651. The third kappa shape index (κ3) is 3.89. The van der Waals surface area contributed by atoms with E-state index >= 15 is 0 Å². The maximum absolute atomic E-state index is 12.0. The van der Waals surface area contributed by atoms with Crippen molar-refractivity contribution in [3.63, 3.8) is 0 Å². The molecule has 5 nitrogen and oxygen atoms in total. The number of anilines is 1. The second-order valence-corrected chi connectivity index (χ2v) is 8.24. The van der Waals surface area contributed by atoms with Crippen molar-refractivity contribution in [1.29, 1.82) is 0 Å². The average Bonchev–Trinajstić information content (AvgIpc) is 2.60. The van der Waals surface area contributed by atoms with E-state index in [1.54, 1.807) is 4.90 Å². The van der Waals surface area contributed by atoms with Crippen molar-refractivity contribution in [1.82, 2.24) is 0 Å². The van der Waals surface area contributed by atoms with E-state index in [2.05, 4.69) is 38.5 Å². The van der Waals surface area contributed by atoms with Gasteiger partial charge in [-0.25, -0.2) is 13.6 Å². The van der Waals surface area contributed by atoms with Crippen LogP contribution in [0.3, 0.4) is 0 Å². The van der Waals surface area contributed by atoms with Gasteiger partial charge in [0.05, 0.1) is 11.4 Å². The second kappa shape index (κ2) is 5.66.